The summed E-state index contributed by atoms with van der Waals surface area (Å²) in [7, 11) is -2.87. The monoisotopic (exact) mass is 464 g/mol. The van der Waals surface area contributed by atoms with Gasteiger partial charge in [-0.2, -0.15) is 0 Å². The van der Waals surface area contributed by atoms with Gasteiger partial charge in [-0.25, -0.2) is 18.9 Å². The molecule has 1 aromatic heterocycles. The van der Waals surface area contributed by atoms with Gasteiger partial charge in [0.15, 0.2) is 0 Å². The summed E-state index contributed by atoms with van der Waals surface area (Å²) < 4.78 is 23.7. The topological polar surface area (TPSA) is 74.3 Å². The first kappa shape index (κ1) is 22.1. The summed E-state index contributed by atoms with van der Waals surface area (Å²) in [5.41, 5.74) is 9.52. The lowest BCUT2D eigenvalue weighted by Crippen LogP contribution is -2.32. The van der Waals surface area contributed by atoms with Crippen LogP contribution in [0.25, 0.3) is 11.1 Å². The standard InChI is InChI=1S/C26H30N4O2S.H2/c31-33(32)13-9-24(10-14-33)28-25-16-22(21-6-2-1-3-7-21)15-23(17-25)26-8-12-30(29-26)19-20-5-4-11-27-18-20;/h1-7,11,15-18,24,26,28-29H,8-10,12-14,19H2;1H. The van der Waals surface area contributed by atoms with Gasteiger partial charge in [0.25, 0.3) is 0 Å². The van der Waals surface area contributed by atoms with E-state index in [4.69, 9.17) is 0 Å². The lowest BCUT2D eigenvalue weighted by molar-refractivity contribution is 0.227. The van der Waals surface area contributed by atoms with Gasteiger partial charge in [-0.05, 0) is 65.8 Å². The molecule has 0 aliphatic carbocycles. The average Bonchev–Trinajstić information content (AvgIpc) is 3.30. The molecule has 3 heterocycles. The van der Waals surface area contributed by atoms with E-state index in [1.807, 2.05) is 18.3 Å². The molecule has 2 aliphatic heterocycles. The summed E-state index contributed by atoms with van der Waals surface area (Å²) >= 11 is 0. The zero-order chi connectivity index (χ0) is 22.7. The number of sulfone groups is 1. The molecule has 2 saturated heterocycles. The molecule has 1 unspecified atom stereocenters. The van der Waals surface area contributed by atoms with Crippen molar-refractivity contribution in [1.82, 2.24) is 15.4 Å². The Labute approximate surface area is 197 Å². The van der Waals surface area contributed by atoms with Crippen LogP contribution in [-0.2, 0) is 16.4 Å². The minimum Gasteiger partial charge on any atom is -0.382 e. The quantitative estimate of drug-likeness (QED) is 0.562. The van der Waals surface area contributed by atoms with E-state index in [-0.39, 0.29) is 25.0 Å². The van der Waals surface area contributed by atoms with Crippen LogP contribution < -0.4 is 10.7 Å². The van der Waals surface area contributed by atoms with E-state index in [1.54, 1.807) is 6.20 Å². The number of nitrogens with one attached hydrogen (secondary N) is 2. The molecule has 2 fully saturated rings. The van der Waals surface area contributed by atoms with E-state index in [2.05, 4.69) is 69.3 Å². The van der Waals surface area contributed by atoms with Gasteiger partial charge in [0.1, 0.15) is 9.84 Å². The lowest BCUT2D eigenvalue weighted by atomic mass is 9.97. The number of hydrogen-bond acceptors (Lipinski definition) is 6. The molecule has 2 N–H and O–H groups in total. The highest BCUT2D eigenvalue weighted by Gasteiger charge is 2.26. The molecule has 0 bridgehead atoms. The molecule has 174 valence electrons. The molecule has 5 rings (SSSR count). The summed E-state index contributed by atoms with van der Waals surface area (Å²) in [5.74, 6) is 0.534. The van der Waals surface area contributed by atoms with E-state index < -0.39 is 9.84 Å². The minimum atomic E-state index is -2.87. The second-order valence-electron chi connectivity index (χ2n) is 9.03. The molecule has 0 amide bonds. The van der Waals surface area contributed by atoms with Crippen LogP contribution in [-0.4, -0.2) is 42.5 Å². The Hall–Kier alpha value is -2.74. The predicted octanol–water partition coefficient (Wildman–Crippen LogP) is 4.44. The smallest absolute Gasteiger partial charge is 0.150 e. The van der Waals surface area contributed by atoms with Gasteiger partial charge in [-0.3, -0.25) is 4.98 Å². The zero-order valence-corrected chi connectivity index (χ0v) is 19.5. The van der Waals surface area contributed by atoms with Crippen molar-refractivity contribution < 1.29 is 9.84 Å². The van der Waals surface area contributed by atoms with Crippen LogP contribution in [0.5, 0.6) is 0 Å². The molecule has 1 atom stereocenters. The predicted molar refractivity (Wildman–Crippen MR) is 134 cm³/mol. The first-order chi connectivity index (χ1) is 16.0. The number of nitrogens with zero attached hydrogens (tertiary/aromatic N) is 2. The fourth-order valence-electron chi connectivity index (χ4n) is 4.72. The summed E-state index contributed by atoms with van der Waals surface area (Å²) in [5, 5.41) is 5.89. The van der Waals surface area contributed by atoms with Gasteiger partial charge in [0.2, 0.25) is 0 Å². The maximum Gasteiger partial charge on any atom is 0.150 e. The van der Waals surface area contributed by atoms with Crippen LogP contribution in [0.4, 0.5) is 5.69 Å². The number of hydrazine groups is 1. The molecule has 33 heavy (non-hydrogen) atoms. The van der Waals surface area contributed by atoms with Crippen molar-refractivity contribution >= 4 is 15.5 Å². The van der Waals surface area contributed by atoms with Crippen LogP contribution >= 0.6 is 0 Å². The largest absolute Gasteiger partial charge is 0.382 e. The van der Waals surface area contributed by atoms with Crippen LogP contribution in [0.3, 0.4) is 0 Å². The molecule has 6 nitrogen and oxygen atoms in total. The second kappa shape index (κ2) is 9.63. The number of benzene rings is 2. The molecule has 0 saturated carbocycles. The minimum absolute atomic E-state index is 0. The van der Waals surface area contributed by atoms with Crippen molar-refractivity contribution in [2.75, 3.05) is 23.4 Å². The number of pyridine rings is 1. The maximum absolute atomic E-state index is 11.8. The Morgan fingerprint density at radius 2 is 1.82 bits per heavy atom. The van der Waals surface area contributed by atoms with Crippen molar-refractivity contribution in [3.63, 3.8) is 0 Å². The number of anilines is 1. The third-order valence-corrected chi connectivity index (χ3v) is 8.23. The van der Waals surface area contributed by atoms with Gasteiger partial charge in [0, 0.05) is 44.7 Å². The Bertz CT molecular complexity index is 1180. The number of aromatic nitrogens is 1. The van der Waals surface area contributed by atoms with Crippen molar-refractivity contribution in [3.8, 4) is 11.1 Å². The van der Waals surface area contributed by atoms with E-state index in [1.165, 1.54) is 22.3 Å². The van der Waals surface area contributed by atoms with Crippen molar-refractivity contribution in [3.05, 3.63) is 84.2 Å². The first-order valence-electron chi connectivity index (χ1n) is 11.6. The zero-order valence-electron chi connectivity index (χ0n) is 18.7. The molecule has 0 spiro atoms. The molecule has 2 aliphatic rings. The fourth-order valence-corrected chi connectivity index (χ4v) is 6.21. The average molecular weight is 465 g/mol. The molecule has 0 radical (unpaired) electrons. The third-order valence-electron chi connectivity index (χ3n) is 6.51. The van der Waals surface area contributed by atoms with Gasteiger partial charge in [-0.15, -0.1) is 0 Å². The third kappa shape index (κ3) is 5.61. The van der Waals surface area contributed by atoms with E-state index >= 15 is 0 Å². The highest BCUT2D eigenvalue weighted by molar-refractivity contribution is 7.91. The van der Waals surface area contributed by atoms with Crippen LogP contribution in [0.1, 0.15) is 37.9 Å². The van der Waals surface area contributed by atoms with E-state index in [9.17, 15) is 8.42 Å². The maximum atomic E-state index is 11.8. The Morgan fingerprint density at radius 3 is 2.58 bits per heavy atom. The van der Waals surface area contributed by atoms with Gasteiger partial charge < -0.3 is 5.32 Å². The van der Waals surface area contributed by atoms with Crippen molar-refractivity contribution in [2.45, 2.75) is 37.9 Å². The Balaban J connectivity index is 0.00000274. The van der Waals surface area contributed by atoms with Crippen LogP contribution in [0.15, 0.2) is 73.1 Å². The SMILES string of the molecule is O=S1(=O)CCC(Nc2cc(-c3ccccc3)cc(C3CCN(Cc4cccnc4)N3)c2)CC1.[HH]. The highest BCUT2D eigenvalue weighted by atomic mass is 32.2. The summed E-state index contributed by atoms with van der Waals surface area (Å²) in [6.07, 6.45) is 6.06. The molecule has 3 aromatic rings. The van der Waals surface area contributed by atoms with Gasteiger partial charge in [0.05, 0.1) is 11.5 Å². The van der Waals surface area contributed by atoms with Gasteiger partial charge >= 0.3 is 0 Å². The Kier molecular flexibility index (Phi) is 6.44. The molecular formula is C26H32N4O2S. The molecule has 2 aromatic carbocycles. The van der Waals surface area contributed by atoms with Crippen LogP contribution in [0.2, 0.25) is 0 Å². The van der Waals surface area contributed by atoms with Crippen LogP contribution in [0, 0.1) is 0 Å². The summed E-state index contributed by atoms with van der Waals surface area (Å²) in [4.78, 5) is 4.22. The summed E-state index contributed by atoms with van der Waals surface area (Å²) in [6.45, 7) is 1.79. The Morgan fingerprint density at radius 1 is 1.00 bits per heavy atom. The molecular weight excluding hydrogens is 432 g/mol. The second-order valence-corrected chi connectivity index (χ2v) is 11.3. The highest BCUT2D eigenvalue weighted by Crippen LogP contribution is 2.32. The van der Waals surface area contributed by atoms with E-state index in [0.29, 0.717) is 12.8 Å². The van der Waals surface area contributed by atoms with Gasteiger partial charge in [-0.1, -0.05) is 36.4 Å². The number of rotatable bonds is 6. The summed E-state index contributed by atoms with van der Waals surface area (Å²) in [6, 6.07) is 21.6. The first-order valence-corrected chi connectivity index (χ1v) is 13.4. The van der Waals surface area contributed by atoms with Crippen molar-refractivity contribution in [2.24, 2.45) is 0 Å². The molecule has 7 heteroatoms. The van der Waals surface area contributed by atoms with Crippen molar-refractivity contribution in [1.29, 1.82) is 0 Å². The van der Waals surface area contributed by atoms with E-state index in [0.717, 1.165) is 25.2 Å². The lowest BCUT2D eigenvalue weighted by Gasteiger charge is -2.25. The normalized spacial score (nSPS) is 21.2. The fraction of sp³-hybridized carbons (Fsp3) is 0.346. The number of hydrogen-bond donors (Lipinski definition) is 2.